The number of piperidine rings is 2. The summed E-state index contributed by atoms with van der Waals surface area (Å²) in [5.74, 6) is 3.11. The van der Waals surface area contributed by atoms with E-state index in [9.17, 15) is 14.4 Å². The number of ether oxygens (including phenoxy) is 1. The maximum absolute atomic E-state index is 13.5. The van der Waals surface area contributed by atoms with Gasteiger partial charge in [-0.3, -0.25) is 9.59 Å². The molecule has 4 aliphatic rings. The molecule has 5 aromatic rings. The zero-order valence-corrected chi connectivity index (χ0v) is 30.1. The van der Waals surface area contributed by atoms with Crippen LogP contribution in [0.3, 0.4) is 0 Å². The van der Waals surface area contributed by atoms with Crippen molar-refractivity contribution in [2.45, 2.75) is 83.0 Å². The van der Waals surface area contributed by atoms with Crippen molar-refractivity contribution in [3.05, 3.63) is 72.4 Å². The molecule has 2 aliphatic carbocycles. The number of likely N-dealkylation sites (tertiary alicyclic amines) is 2. The number of amides is 3. The van der Waals surface area contributed by atoms with Gasteiger partial charge in [-0.15, -0.1) is 0 Å². The standard InChI is InChI=1S/C41H45N7O4/c1-5-6-33(49)47-28-14-11-27(18-28)37(47)38-42-20-32(44-38)24-9-7-23(8-10-24)25-12-15-29-26(17-25)13-16-31-35(29)46-39(45-31)41(3)19-30-22(2)36(30)48(41)34(50)21-43-40(51)52-4/h7-10,12-13,15-17,20,22,27-28,30,36-37H,5-6,11,14,18-19,21H2,1-4H3,(H,42,44)(H,43,51)(H,45,46)/t22-,27+,28-,30?,36?,37+,41+/m1/s1. The second-order valence-electron chi connectivity index (χ2n) is 15.6. The Morgan fingerprint density at radius 1 is 1.00 bits per heavy atom. The highest BCUT2D eigenvalue weighted by Crippen LogP contribution is 2.60. The van der Waals surface area contributed by atoms with E-state index in [0.29, 0.717) is 30.2 Å². The fourth-order valence-corrected chi connectivity index (χ4v) is 9.86. The van der Waals surface area contributed by atoms with E-state index in [1.807, 2.05) is 17.2 Å². The number of nitrogens with one attached hydrogen (secondary N) is 3. The molecule has 52 heavy (non-hydrogen) atoms. The number of hydrogen-bond donors (Lipinski definition) is 3. The third-order valence-electron chi connectivity index (χ3n) is 12.5. The number of imidazole rings is 2. The molecule has 2 bridgehead atoms. The molecular weight excluding hydrogens is 654 g/mol. The number of alkyl carbamates (subject to hydrolysis) is 1. The van der Waals surface area contributed by atoms with Gasteiger partial charge in [-0.05, 0) is 91.0 Å². The highest BCUT2D eigenvalue weighted by molar-refractivity contribution is 6.05. The van der Waals surface area contributed by atoms with Crippen LogP contribution in [0.1, 0.15) is 77.0 Å². The Labute approximate surface area is 302 Å². The minimum atomic E-state index is -0.619. The molecule has 3 N–H and O–H groups in total. The number of carbonyl (C=O) groups excluding carboxylic acids is 3. The largest absolute Gasteiger partial charge is 0.453 e. The summed E-state index contributed by atoms with van der Waals surface area (Å²) in [6.07, 6.45) is 6.91. The van der Waals surface area contributed by atoms with Crippen LogP contribution in [0.2, 0.25) is 0 Å². The molecule has 2 aliphatic heterocycles. The minimum Gasteiger partial charge on any atom is -0.453 e. The fraction of sp³-hybridized carbons (Fsp3) is 0.439. The molecule has 4 fully saturated rings. The lowest BCUT2D eigenvalue weighted by Crippen LogP contribution is -2.50. The van der Waals surface area contributed by atoms with Gasteiger partial charge in [-0.1, -0.05) is 56.3 Å². The number of H-pyrrole nitrogens is 2. The number of hydrogen-bond acceptors (Lipinski definition) is 6. The van der Waals surface area contributed by atoms with Crippen LogP contribution in [0, 0.1) is 17.8 Å². The van der Waals surface area contributed by atoms with Crippen LogP contribution in [0.4, 0.5) is 4.79 Å². The maximum atomic E-state index is 13.5. The van der Waals surface area contributed by atoms with E-state index in [4.69, 9.17) is 9.97 Å². The minimum absolute atomic E-state index is 0.0490. The molecule has 0 radical (unpaired) electrons. The number of nitrogens with zero attached hydrogens (tertiary/aromatic N) is 4. The van der Waals surface area contributed by atoms with E-state index < -0.39 is 11.6 Å². The van der Waals surface area contributed by atoms with Crippen molar-refractivity contribution in [1.82, 2.24) is 35.1 Å². The molecule has 9 rings (SSSR count). The molecule has 2 unspecified atom stereocenters. The molecule has 268 valence electrons. The van der Waals surface area contributed by atoms with Crippen molar-refractivity contribution >= 4 is 39.7 Å². The Hall–Kier alpha value is -5.19. The van der Waals surface area contributed by atoms with Crippen molar-refractivity contribution < 1.29 is 19.1 Å². The topological polar surface area (TPSA) is 136 Å². The predicted octanol–water partition coefficient (Wildman–Crippen LogP) is 7.06. The molecule has 2 aromatic heterocycles. The number of aromatic nitrogens is 4. The van der Waals surface area contributed by atoms with Crippen molar-refractivity contribution in [3.8, 4) is 22.4 Å². The van der Waals surface area contributed by atoms with Crippen molar-refractivity contribution in [3.63, 3.8) is 0 Å². The Morgan fingerprint density at radius 3 is 2.58 bits per heavy atom. The second-order valence-corrected chi connectivity index (χ2v) is 15.6. The third kappa shape index (κ3) is 5.10. The number of rotatable bonds is 8. The predicted molar refractivity (Wildman–Crippen MR) is 198 cm³/mol. The Morgan fingerprint density at radius 2 is 1.79 bits per heavy atom. The molecule has 2 saturated carbocycles. The summed E-state index contributed by atoms with van der Waals surface area (Å²) in [7, 11) is 1.29. The molecule has 4 heterocycles. The second kappa shape index (κ2) is 12.2. The van der Waals surface area contributed by atoms with Crippen LogP contribution in [-0.2, 0) is 19.9 Å². The quantitative estimate of drug-likeness (QED) is 0.159. The van der Waals surface area contributed by atoms with E-state index in [1.165, 1.54) is 7.11 Å². The van der Waals surface area contributed by atoms with Crippen LogP contribution in [0.25, 0.3) is 44.2 Å². The SMILES string of the molecule is CCCC(=O)N1[C@@H]2CC[C@@H](C2)[C@H]1c1ncc(-c2ccc(-c3ccc4c(ccc5nc([C@]6(C)CC7C([C@@H]7C)N6C(=O)CNC(=O)OC)[nH]c54)c3)cc2)[nH]1. The Bertz CT molecular complexity index is 2230. The number of benzene rings is 3. The molecular formula is C41H45N7O4. The molecule has 7 atom stereocenters. The van der Waals surface area contributed by atoms with Gasteiger partial charge in [0.25, 0.3) is 0 Å². The Kier molecular flexibility index (Phi) is 7.68. The van der Waals surface area contributed by atoms with E-state index in [0.717, 1.165) is 87.9 Å². The zero-order valence-electron chi connectivity index (χ0n) is 30.1. The first-order valence-corrected chi connectivity index (χ1v) is 18.7. The maximum Gasteiger partial charge on any atom is 0.407 e. The fourth-order valence-electron chi connectivity index (χ4n) is 9.86. The smallest absolute Gasteiger partial charge is 0.407 e. The monoisotopic (exact) mass is 699 g/mol. The first kappa shape index (κ1) is 32.7. The van der Waals surface area contributed by atoms with Crippen molar-refractivity contribution in [2.24, 2.45) is 17.8 Å². The zero-order chi connectivity index (χ0) is 35.9. The summed E-state index contributed by atoms with van der Waals surface area (Å²) in [5.41, 5.74) is 5.45. The van der Waals surface area contributed by atoms with E-state index >= 15 is 0 Å². The lowest BCUT2D eigenvalue weighted by atomic mass is 9.93. The molecule has 3 amide bonds. The lowest BCUT2D eigenvalue weighted by molar-refractivity contribution is -0.137. The number of methoxy groups -OCH3 is 1. The van der Waals surface area contributed by atoms with E-state index in [1.54, 1.807) is 0 Å². The molecule has 11 nitrogen and oxygen atoms in total. The van der Waals surface area contributed by atoms with Gasteiger partial charge in [0.1, 0.15) is 18.2 Å². The Balaban J connectivity index is 0.956. The van der Waals surface area contributed by atoms with Gasteiger partial charge in [0, 0.05) is 23.9 Å². The van der Waals surface area contributed by atoms with Gasteiger partial charge >= 0.3 is 6.09 Å². The van der Waals surface area contributed by atoms with Gasteiger partial charge in [0.15, 0.2) is 0 Å². The van der Waals surface area contributed by atoms with Crippen LogP contribution in [0.5, 0.6) is 0 Å². The first-order valence-electron chi connectivity index (χ1n) is 18.7. The van der Waals surface area contributed by atoms with Crippen molar-refractivity contribution in [2.75, 3.05) is 13.7 Å². The van der Waals surface area contributed by atoms with Gasteiger partial charge < -0.3 is 29.8 Å². The number of carbonyl (C=O) groups is 3. The number of fused-ring (bicyclic) bond motifs is 6. The molecule has 11 heteroatoms. The molecule has 3 aromatic carbocycles. The van der Waals surface area contributed by atoms with Gasteiger partial charge in [-0.2, -0.15) is 0 Å². The van der Waals surface area contributed by atoms with Gasteiger partial charge in [0.05, 0.1) is 41.6 Å². The van der Waals surface area contributed by atoms with Crippen molar-refractivity contribution in [1.29, 1.82) is 0 Å². The summed E-state index contributed by atoms with van der Waals surface area (Å²) < 4.78 is 4.69. The van der Waals surface area contributed by atoms with Crippen LogP contribution in [-0.4, -0.2) is 73.4 Å². The van der Waals surface area contributed by atoms with Crippen LogP contribution < -0.4 is 5.32 Å². The van der Waals surface area contributed by atoms with Gasteiger partial charge in [0.2, 0.25) is 11.8 Å². The summed E-state index contributed by atoms with van der Waals surface area (Å²) in [6, 6.07) is 19.7. The molecule has 2 saturated heterocycles. The third-order valence-corrected chi connectivity index (χ3v) is 12.5. The van der Waals surface area contributed by atoms with Crippen LogP contribution in [0.15, 0.2) is 60.8 Å². The summed E-state index contributed by atoms with van der Waals surface area (Å²) in [5, 5.41) is 4.72. The van der Waals surface area contributed by atoms with E-state index in [2.05, 4.69) is 94.2 Å². The summed E-state index contributed by atoms with van der Waals surface area (Å²) >= 11 is 0. The average molecular weight is 700 g/mol. The average Bonchev–Trinajstić information content (AvgIpc) is 3.86. The van der Waals surface area contributed by atoms with Gasteiger partial charge in [-0.25, -0.2) is 14.8 Å². The summed E-state index contributed by atoms with van der Waals surface area (Å²) in [4.78, 5) is 59.3. The first-order chi connectivity index (χ1) is 25.2. The lowest BCUT2D eigenvalue weighted by Gasteiger charge is -2.37. The highest BCUT2D eigenvalue weighted by Gasteiger charge is 2.65. The van der Waals surface area contributed by atoms with E-state index in [-0.39, 0.29) is 30.4 Å². The summed E-state index contributed by atoms with van der Waals surface area (Å²) in [6.45, 7) is 6.21. The normalized spacial score (nSPS) is 27.4. The highest BCUT2D eigenvalue weighted by atomic mass is 16.5. The molecule has 0 spiro atoms. The van der Waals surface area contributed by atoms with Crippen LogP contribution >= 0.6 is 0 Å². The number of aromatic amines is 2.